The molecule has 2 aromatic rings. The van der Waals surface area contributed by atoms with Crippen molar-refractivity contribution in [3.05, 3.63) is 48.7 Å². The number of hydrogen-bond acceptors (Lipinski definition) is 6. The number of halogens is 1. The van der Waals surface area contributed by atoms with Crippen molar-refractivity contribution in [1.29, 1.82) is 0 Å². The first kappa shape index (κ1) is 13.1. The summed E-state index contributed by atoms with van der Waals surface area (Å²) >= 11 is 3.08. The molecule has 10 heteroatoms. The molecule has 0 aliphatic heterocycles. The van der Waals surface area contributed by atoms with Crippen molar-refractivity contribution in [2.75, 3.05) is 0 Å². The summed E-state index contributed by atoms with van der Waals surface area (Å²) in [5, 5.41) is 25.3. The van der Waals surface area contributed by atoms with E-state index in [2.05, 4.69) is 26.0 Å². The molecule has 0 aliphatic carbocycles. The van der Waals surface area contributed by atoms with Crippen LogP contribution < -0.4 is 0 Å². The number of hydrogen-bond donors (Lipinski definition) is 0. The van der Waals surface area contributed by atoms with Gasteiger partial charge in [0.05, 0.1) is 21.8 Å². The van der Waals surface area contributed by atoms with E-state index in [1.165, 1.54) is 18.3 Å². The van der Waals surface area contributed by atoms with Crippen LogP contribution >= 0.6 is 15.9 Å². The van der Waals surface area contributed by atoms with Crippen LogP contribution in [0.5, 0.6) is 0 Å². The van der Waals surface area contributed by atoms with Gasteiger partial charge in [0.15, 0.2) is 0 Å². The van der Waals surface area contributed by atoms with Crippen molar-refractivity contribution in [2.24, 2.45) is 0 Å². The number of nitrogens with zero attached hydrogens (tertiary/aromatic N) is 5. The third-order valence-corrected chi connectivity index (χ3v) is 2.71. The fraction of sp³-hybridized carbons (Fsp3) is 0.111. The zero-order valence-electron chi connectivity index (χ0n) is 9.48. The van der Waals surface area contributed by atoms with E-state index in [1.54, 1.807) is 6.92 Å². The van der Waals surface area contributed by atoms with Crippen LogP contribution in [0.25, 0.3) is 5.82 Å². The van der Waals surface area contributed by atoms with Crippen molar-refractivity contribution in [2.45, 2.75) is 6.92 Å². The van der Waals surface area contributed by atoms with E-state index in [4.69, 9.17) is 0 Å². The predicted octanol–water partition coefficient (Wildman–Crippen LogP) is 2.15. The van der Waals surface area contributed by atoms with Gasteiger partial charge in [-0.15, -0.1) is 4.68 Å². The summed E-state index contributed by atoms with van der Waals surface area (Å²) in [6.07, 6.45) is 1.36. The second-order valence-corrected chi connectivity index (χ2v) is 4.48. The zero-order chi connectivity index (χ0) is 14.2. The standard InChI is InChI=1S/C9H6BrN5O4/c1-5-2-8(15(18)19)12-13(5)9-7(14(16)17)3-6(10)4-11-9/h2-4H,1H3. The van der Waals surface area contributed by atoms with Gasteiger partial charge in [0, 0.05) is 16.7 Å². The van der Waals surface area contributed by atoms with Crippen LogP contribution in [0.1, 0.15) is 5.69 Å². The van der Waals surface area contributed by atoms with Crippen LogP contribution in [0.2, 0.25) is 0 Å². The monoisotopic (exact) mass is 327 g/mol. The number of rotatable bonds is 3. The molecular weight excluding hydrogens is 322 g/mol. The number of pyridine rings is 1. The molecule has 0 atom stereocenters. The van der Waals surface area contributed by atoms with Gasteiger partial charge in [0.25, 0.3) is 5.82 Å². The van der Waals surface area contributed by atoms with Gasteiger partial charge in [-0.25, -0.2) is 4.98 Å². The molecule has 0 saturated heterocycles. The largest absolute Gasteiger partial charge is 0.390 e. The minimum Gasteiger partial charge on any atom is -0.358 e. The zero-order valence-corrected chi connectivity index (χ0v) is 11.1. The molecule has 0 radical (unpaired) electrons. The summed E-state index contributed by atoms with van der Waals surface area (Å²) in [6, 6.07) is 2.47. The number of nitro groups is 2. The normalized spacial score (nSPS) is 10.4. The molecule has 0 fully saturated rings. The van der Waals surface area contributed by atoms with Crippen LogP contribution in [0.3, 0.4) is 0 Å². The lowest BCUT2D eigenvalue weighted by Gasteiger charge is -2.00. The molecule has 0 spiro atoms. The third-order valence-electron chi connectivity index (χ3n) is 2.27. The fourth-order valence-corrected chi connectivity index (χ4v) is 1.80. The van der Waals surface area contributed by atoms with Crippen molar-refractivity contribution < 1.29 is 9.85 Å². The van der Waals surface area contributed by atoms with Crippen LogP contribution in [0, 0.1) is 27.2 Å². The maximum absolute atomic E-state index is 11.0. The maximum Gasteiger partial charge on any atom is 0.390 e. The summed E-state index contributed by atoms with van der Waals surface area (Å²) in [5.41, 5.74) is 0.0834. The Hall–Kier alpha value is -2.36. The fourth-order valence-electron chi connectivity index (χ4n) is 1.48. The third kappa shape index (κ3) is 2.42. The van der Waals surface area contributed by atoms with Crippen molar-refractivity contribution in [1.82, 2.24) is 14.8 Å². The smallest absolute Gasteiger partial charge is 0.358 e. The van der Waals surface area contributed by atoms with E-state index in [9.17, 15) is 20.2 Å². The topological polar surface area (TPSA) is 117 Å². The Morgan fingerprint density at radius 2 is 1.95 bits per heavy atom. The van der Waals surface area contributed by atoms with Crippen molar-refractivity contribution in [3.8, 4) is 5.82 Å². The minimum atomic E-state index is -0.672. The van der Waals surface area contributed by atoms with Crippen LogP contribution in [0.15, 0.2) is 22.8 Å². The maximum atomic E-state index is 11.0. The Labute approximate surface area is 114 Å². The highest BCUT2D eigenvalue weighted by Gasteiger charge is 2.25. The molecule has 9 nitrogen and oxygen atoms in total. The highest BCUT2D eigenvalue weighted by Crippen LogP contribution is 2.26. The van der Waals surface area contributed by atoms with Crippen LogP contribution in [-0.4, -0.2) is 24.6 Å². The first-order chi connectivity index (χ1) is 8.90. The Bertz CT molecular complexity index is 683. The van der Waals surface area contributed by atoms with E-state index in [1.807, 2.05) is 0 Å². The van der Waals surface area contributed by atoms with Gasteiger partial charge in [-0.3, -0.25) is 10.1 Å². The minimum absolute atomic E-state index is 0.0706. The van der Waals surface area contributed by atoms with Crippen LogP contribution in [-0.2, 0) is 0 Å². The average Bonchev–Trinajstić information content (AvgIpc) is 2.71. The van der Waals surface area contributed by atoms with E-state index in [-0.39, 0.29) is 11.5 Å². The molecule has 0 aliphatic rings. The second-order valence-electron chi connectivity index (χ2n) is 3.57. The molecule has 2 heterocycles. The van der Waals surface area contributed by atoms with E-state index >= 15 is 0 Å². The van der Waals surface area contributed by atoms with Gasteiger partial charge in [0.1, 0.15) is 0 Å². The number of aromatic nitrogens is 3. The summed E-state index contributed by atoms with van der Waals surface area (Å²) in [5.74, 6) is -0.463. The second kappa shape index (κ2) is 4.72. The quantitative estimate of drug-likeness (QED) is 0.629. The van der Waals surface area contributed by atoms with Crippen molar-refractivity contribution >= 4 is 27.4 Å². The van der Waals surface area contributed by atoms with Gasteiger partial charge in [-0.05, 0) is 27.8 Å². The first-order valence-electron chi connectivity index (χ1n) is 4.91. The molecule has 0 bridgehead atoms. The van der Waals surface area contributed by atoms with Crippen LogP contribution in [0.4, 0.5) is 11.5 Å². The molecule has 0 unspecified atom stereocenters. The Balaban J connectivity index is 2.65. The summed E-state index contributed by atoms with van der Waals surface area (Å²) in [7, 11) is 0. The first-order valence-corrected chi connectivity index (χ1v) is 5.71. The molecule has 19 heavy (non-hydrogen) atoms. The molecule has 0 aromatic carbocycles. The van der Waals surface area contributed by atoms with E-state index < -0.39 is 15.7 Å². The molecule has 0 amide bonds. The van der Waals surface area contributed by atoms with Gasteiger partial charge in [-0.2, -0.15) is 0 Å². The Morgan fingerprint density at radius 3 is 2.47 bits per heavy atom. The van der Waals surface area contributed by atoms with E-state index in [0.717, 1.165) is 4.68 Å². The predicted molar refractivity (Wildman–Crippen MR) is 67.1 cm³/mol. The molecule has 0 N–H and O–H groups in total. The highest BCUT2D eigenvalue weighted by atomic mass is 79.9. The Morgan fingerprint density at radius 1 is 1.26 bits per heavy atom. The van der Waals surface area contributed by atoms with E-state index in [0.29, 0.717) is 10.2 Å². The van der Waals surface area contributed by atoms with Crippen molar-refractivity contribution in [3.63, 3.8) is 0 Å². The lowest BCUT2D eigenvalue weighted by molar-refractivity contribution is -0.390. The number of aryl methyl sites for hydroxylation is 1. The van der Waals surface area contributed by atoms with Gasteiger partial charge < -0.3 is 10.1 Å². The SMILES string of the molecule is Cc1cc([N+](=O)[O-])nn1-c1ncc(Br)cc1[N+](=O)[O-]. The molecular formula is C9H6BrN5O4. The summed E-state index contributed by atoms with van der Waals surface area (Å²) in [4.78, 5) is 24.2. The highest BCUT2D eigenvalue weighted by molar-refractivity contribution is 9.10. The average molecular weight is 328 g/mol. The molecule has 98 valence electrons. The molecule has 2 aromatic heterocycles. The lowest BCUT2D eigenvalue weighted by atomic mass is 10.4. The lowest BCUT2D eigenvalue weighted by Crippen LogP contribution is -2.06. The Kier molecular flexibility index (Phi) is 3.25. The van der Waals surface area contributed by atoms with Gasteiger partial charge in [0.2, 0.25) is 0 Å². The molecule has 0 saturated carbocycles. The summed E-state index contributed by atoms with van der Waals surface area (Å²) < 4.78 is 1.50. The van der Waals surface area contributed by atoms with Gasteiger partial charge in [-0.1, -0.05) is 0 Å². The van der Waals surface area contributed by atoms with Gasteiger partial charge >= 0.3 is 11.5 Å². The summed E-state index contributed by atoms with van der Waals surface area (Å²) in [6.45, 7) is 1.55. The molecule has 2 rings (SSSR count).